The highest BCUT2D eigenvalue weighted by atomic mass is 16.5. The lowest BCUT2D eigenvalue weighted by Gasteiger charge is -2.29. The lowest BCUT2D eigenvalue weighted by Crippen LogP contribution is -2.43. The van der Waals surface area contributed by atoms with Gasteiger partial charge in [0.1, 0.15) is 19.0 Å². The van der Waals surface area contributed by atoms with Gasteiger partial charge in [-0.15, -0.1) is 12.8 Å². The summed E-state index contributed by atoms with van der Waals surface area (Å²) >= 11 is 0. The van der Waals surface area contributed by atoms with Gasteiger partial charge in [-0.1, -0.05) is 30.9 Å². The average molecular weight is 271 g/mol. The number of benzene rings is 1. The van der Waals surface area contributed by atoms with Crippen molar-refractivity contribution >= 4 is 5.91 Å². The molecule has 0 aliphatic rings. The highest BCUT2D eigenvalue weighted by molar-refractivity contribution is 5.85. The summed E-state index contributed by atoms with van der Waals surface area (Å²) in [7, 11) is 0. The summed E-state index contributed by atoms with van der Waals surface area (Å²) in [6.07, 6.45) is 10.7. The first kappa shape index (κ1) is 15.6. The van der Waals surface area contributed by atoms with Gasteiger partial charge in [-0.2, -0.15) is 0 Å². The van der Waals surface area contributed by atoms with Crippen molar-refractivity contribution in [2.45, 2.75) is 18.9 Å². The second-order valence-electron chi connectivity index (χ2n) is 4.05. The van der Waals surface area contributed by atoms with E-state index < -0.39 is 11.5 Å². The predicted octanol–water partition coefficient (Wildman–Crippen LogP) is 1.44. The van der Waals surface area contributed by atoms with Crippen molar-refractivity contribution in [1.82, 2.24) is 0 Å². The van der Waals surface area contributed by atoms with Gasteiger partial charge in [0.05, 0.1) is 0 Å². The Morgan fingerprint density at radius 3 is 2.30 bits per heavy atom. The van der Waals surface area contributed by atoms with Crippen molar-refractivity contribution in [3.63, 3.8) is 0 Å². The third-order valence-electron chi connectivity index (χ3n) is 2.94. The summed E-state index contributed by atoms with van der Waals surface area (Å²) in [6.45, 7) is 2.00. The molecule has 1 unspecified atom stereocenters. The molecule has 104 valence electrons. The van der Waals surface area contributed by atoms with Gasteiger partial charge in [-0.05, 0) is 24.1 Å². The number of ether oxygens (including phenoxy) is 2. The van der Waals surface area contributed by atoms with Crippen molar-refractivity contribution in [3.8, 4) is 30.4 Å². The minimum Gasteiger partial charge on any atom is -0.481 e. The quantitative estimate of drug-likeness (QED) is 0.763. The Bertz CT molecular complexity index is 536. The second kappa shape index (κ2) is 7.23. The van der Waals surface area contributed by atoms with Gasteiger partial charge < -0.3 is 15.2 Å². The third-order valence-corrected chi connectivity index (χ3v) is 2.94. The number of carbonyl (C=O) groups is 1. The van der Waals surface area contributed by atoms with Crippen molar-refractivity contribution < 1.29 is 14.3 Å². The fourth-order valence-corrected chi connectivity index (χ4v) is 1.89. The molecule has 1 aromatic rings. The number of rotatable bonds is 7. The van der Waals surface area contributed by atoms with Crippen molar-refractivity contribution in [1.29, 1.82) is 0 Å². The molecular weight excluding hydrogens is 254 g/mol. The molecule has 20 heavy (non-hydrogen) atoms. The molecule has 1 amide bonds. The molecular formula is C16H17NO3. The van der Waals surface area contributed by atoms with E-state index in [1.165, 1.54) is 0 Å². The van der Waals surface area contributed by atoms with Crippen LogP contribution in [0.1, 0.15) is 18.9 Å². The smallest absolute Gasteiger partial charge is 0.254 e. The molecule has 0 fully saturated rings. The van der Waals surface area contributed by atoms with Crippen LogP contribution in [0, 0.1) is 24.7 Å². The van der Waals surface area contributed by atoms with E-state index in [0.29, 0.717) is 17.7 Å². The summed E-state index contributed by atoms with van der Waals surface area (Å²) in [6, 6.07) is 6.85. The lowest BCUT2D eigenvalue weighted by atomic mass is 9.90. The van der Waals surface area contributed by atoms with Gasteiger partial charge in [0, 0.05) is 0 Å². The zero-order valence-corrected chi connectivity index (χ0v) is 11.4. The highest BCUT2D eigenvalue weighted by Crippen LogP contribution is 2.30. The maximum Gasteiger partial charge on any atom is 0.254 e. The molecule has 0 bridgehead atoms. The summed E-state index contributed by atoms with van der Waals surface area (Å²) < 4.78 is 10.8. The van der Waals surface area contributed by atoms with Crippen molar-refractivity contribution in [3.05, 3.63) is 29.8 Å². The minimum absolute atomic E-state index is 0.00608. The first-order valence-corrected chi connectivity index (χ1v) is 6.14. The number of primary amides is 1. The summed E-state index contributed by atoms with van der Waals surface area (Å²) in [5.74, 6) is 4.75. The number of hydrogen-bond donors (Lipinski definition) is 1. The number of amides is 1. The summed E-state index contributed by atoms with van der Waals surface area (Å²) in [5, 5.41) is 0. The Labute approximate surface area is 119 Å². The first-order chi connectivity index (χ1) is 9.60. The molecule has 0 radical (unpaired) electrons. The van der Waals surface area contributed by atoms with E-state index in [-0.39, 0.29) is 13.2 Å². The highest BCUT2D eigenvalue weighted by Gasteiger charge is 2.37. The molecule has 0 heterocycles. The number of nitrogens with two attached hydrogens (primary N) is 1. The molecule has 1 aromatic carbocycles. The van der Waals surface area contributed by atoms with Gasteiger partial charge in [-0.25, -0.2) is 0 Å². The standard InChI is InChI=1S/C16H17NO3/c1-4-11-19-14-9-7-13(8-10-14)16(6-3,15(17)18)20-12-5-2/h1-2,7-10H,6,11-12H2,3H3,(H2,17,18). The van der Waals surface area contributed by atoms with Crippen LogP contribution in [0.4, 0.5) is 0 Å². The van der Waals surface area contributed by atoms with Crippen LogP contribution in [0.25, 0.3) is 0 Å². The van der Waals surface area contributed by atoms with Crippen LogP contribution in [-0.4, -0.2) is 19.1 Å². The maximum absolute atomic E-state index is 11.8. The Balaban J connectivity index is 3.06. The molecule has 0 aromatic heterocycles. The van der Waals surface area contributed by atoms with Gasteiger partial charge in [0.2, 0.25) is 0 Å². The van der Waals surface area contributed by atoms with E-state index in [9.17, 15) is 4.79 Å². The molecule has 1 atom stereocenters. The normalized spacial score (nSPS) is 12.8. The molecule has 0 aliphatic heterocycles. The zero-order chi connectivity index (χ0) is 15.0. The molecule has 0 spiro atoms. The Morgan fingerprint density at radius 2 is 1.85 bits per heavy atom. The van der Waals surface area contributed by atoms with Crippen LogP contribution in [0.3, 0.4) is 0 Å². The van der Waals surface area contributed by atoms with E-state index in [1.807, 2.05) is 6.92 Å². The van der Waals surface area contributed by atoms with Gasteiger partial charge >= 0.3 is 0 Å². The molecule has 0 saturated carbocycles. The van der Waals surface area contributed by atoms with E-state index in [2.05, 4.69) is 11.8 Å². The average Bonchev–Trinajstić information content (AvgIpc) is 2.47. The lowest BCUT2D eigenvalue weighted by molar-refractivity contribution is -0.144. The Hall–Kier alpha value is -2.43. The second-order valence-corrected chi connectivity index (χ2v) is 4.05. The van der Waals surface area contributed by atoms with Crippen molar-refractivity contribution in [2.75, 3.05) is 13.2 Å². The van der Waals surface area contributed by atoms with E-state index in [1.54, 1.807) is 24.3 Å². The third kappa shape index (κ3) is 3.32. The largest absolute Gasteiger partial charge is 0.481 e. The van der Waals surface area contributed by atoms with Crippen LogP contribution in [0.15, 0.2) is 24.3 Å². The van der Waals surface area contributed by atoms with Gasteiger partial charge in [0.15, 0.2) is 5.60 Å². The fraction of sp³-hybridized carbons (Fsp3) is 0.312. The van der Waals surface area contributed by atoms with Crippen LogP contribution in [-0.2, 0) is 15.1 Å². The SMILES string of the molecule is C#CCOc1ccc(C(CC)(OCC#C)C(N)=O)cc1. The molecule has 1 rings (SSSR count). The van der Waals surface area contributed by atoms with E-state index in [0.717, 1.165) is 0 Å². The monoisotopic (exact) mass is 271 g/mol. The first-order valence-electron chi connectivity index (χ1n) is 6.14. The molecule has 4 nitrogen and oxygen atoms in total. The molecule has 0 saturated heterocycles. The van der Waals surface area contributed by atoms with Gasteiger partial charge in [0.25, 0.3) is 5.91 Å². The zero-order valence-electron chi connectivity index (χ0n) is 11.4. The van der Waals surface area contributed by atoms with Crippen LogP contribution >= 0.6 is 0 Å². The Morgan fingerprint density at radius 1 is 1.25 bits per heavy atom. The van der Waals surface area contributed by atoms with Crippen LogP contribution in [0.5, 0.6) is 5.75 Å². The minimum atomic E-state index is -1.23. The summed E-state index contributed by atoms with van der Waals surface area (Å²) in [5.41, 5.74) is 4.89. The molecule has 0 aliphatic carbocycles. The fourth-order valence-electron chi connectivity index (χ4n) is 1.89. The maximum atomic E-state index is 11.8. The topological polar surface area (TPSA) is 61.6 Å². The predicted molar refractivity (Wildman–Crippen MR) is 76.7 cm³/mol. The van der Waals surface area contributed by atoms with Crippen LogP contribution < -0.4 is 10.5 Å². The number of terminal acetylenes is 2. The number of hydrogen-bond acceptors (Lipinski definition) is 3. The van der Waals surface area contributed by atoms with Gasteiger partial charge in [-0.3, -0.25) is 4.79 Å². The Kier molecular flexibility index (Phi) is 5.65. The van der Waals surface area contributed by atoms with Crippen LogP contribution in [0.2, 0.25) is 0 Å². The van der Waals surface area contributed by atoms with Crippen molar-refractivity contribution in [2.24, 2.45) is 5.73 Å². The van der Waals surface area contributed by atoms with E-state index in [4.69, 9.17) is 28.1 Å². The number of carbonyl (C=O) groups excluding carboxylic acids is 1. The van der Waals surface area contributed by atoms with E-state index >= 15 is 0 Å². The molecule has 2 N–H and O–H groups in total. The molecule has 4 heteroatoms. The summed E-state index contributed by atoms with van der Waals surface area (Å²) in [4.78, 5) is 11.8.